The number of rotatable bonds is 6. The second kappa shape index (κ2) is 8.23. The third-order valence-corrected chi connectivity index (χ3v) is 6.96. The number of nitrogens with zero attached hydrogens (tertiary/aromatic N) is 3. The molecule has 9 heteroatoms. The van der Waals surface area contributed by atoms with Crippen molar-refractivity contribution in [3.8, 4) is 0 Å². The van der Waals surface area contributed by atoms with E-state index in [2.05, 4.69) is 10.4 Å². The van der Waals surface area contributed by atoms with Gasteiger partial charge in [-0.3, -0.25) is 14.4 Å². The Hall–Kier alpha value is -1.90. The fraction of sp³-hybridized carbons (Fsp3) is 0.474. The number of benzene rings is 1. The van der Waals surface area contributed by atoms with Crippen molar-refractivity contribution in [1.82, 2.24) is 14.7 Å². The lowest BCUT2D eigenvalue weighted by Crippen LogP contribution is -2.30. The highest BCUT2D eigenvalue weighted by Crippen LogP contribution is 2.27. The average molecular weight is 425 g/mol. The highest BCUT2D eigenvalue weighted by atomic mass is 35.5. The van der Waals surface area contributed by atoms with Crippen molar-refractivity contribution in [2.24, 2.45) is 0 Å². The average Bonchev–Trinajstić information content (AvgIpc) is 3.08. The SMILES string of the molecule is Cc1nn([C@H]2CCS(=O)(=O)C2)c(C)c1CN(C)CC(=O)Nc1cccc(Cl)c1. The zero-order chi connectivity index (χ0) is 20.5. The van der Waals surface area contributed by atoms with Gasteiger partial charge in [-0.15, -0.1) is 0 Å². The quantitative estimate of drug-likeness (QED) is 0.770. The maximum Gasteiger partial charge on any atom is 0.238 e. The molecule has 7 nitrogen and oxygen atoms in total. The molecule has 1 aliphatic heterocycles. The lowest BCUT2D eigenvalue weighted by molar-refractivity contribution is -0.117. The Labute approximate surface area is 170 Å². The predicted molar refractivity (Wildman–Crippen MR) is 110 cm³/mol. The maximum absolute atomic E-state index is 12.3. The van der Waals surface area contributed by atoms with Gasteiger partial charge in [-0.1, -0.05) is 17.7 Å². The van der Waals surface area contributed by atoms with Gasteiger partial charge < -0.3 is 5.32 Å². The van der Waals surface area contributed by atoms with Crippen molar-refractivity contribution in [2.45, 2.75) is 32.9 Å². The van der Waals surface area contributed by atoms with E-state index in [-0.39, 0.29) is 30.0 Å². The van der Waals surface area contributed by atoms with Crippen LogP contribution in [0.15, 0.2) is 24.3 Å². The number of aromatic nitrogens is 2. The second-order valence-corrected chi connectivity index (χ2v) is 10.0. The van der Waals surface area contributed by atoms with Crippen LogP contribution < -0.4 is 5.32 Å². The number of anilines is 1. The second-order valence-electron chi connectivity index (χ2n) is 7.38. The maximum atomic E-state index is 12.3. The number of carbonyl (C=O) groups excluding carboxylic acids is 1. The fourth-order valence-corrected chi connectivity index (χ4v) is 5.47. The molecule has 1 N–H and O–H groups in total. The molecule has 0 saturated carbocycles. The zero-order valence-corrected chi connectivity index (χ0v) is 17.8. The van der Waals surface area contributed by atoms with E-state index in [9.17, 15) is 13.2 Å². The number of hydrogen-bond acceptors (Lipinski definition) is 5. The lowest BCUT2D eigenvalue weighted by atomic mass is 10.1. The summed E-state index contributed by atoms with van der Waals surface area (Å²) in [4.78, 5) is 14.2. The van der Waals surface area contributed by atoms with Crippen LogP contribution in [0, 0.1) is 13.8 Å². The van der Waals surface area contributed by atoms with Gasteiger partial charge in [0.2, 0.25) is 5.91 Å². The highest BCUT2D eigenvalue weighted by Gasteiger charge is 2.31. The molecule has 0 radical (unpaired) electrons. The first-order chi connectivity index (χ1) is 13.1. The number of carbonyl (C=O) groups is 1. The third kappa shape index (κ3) is 4.92. The Kier molecular flexibility index (Phi) is 6.12. The number of hydrogen-bond donors (Lipinski definition) is 1. The first-order valence-electron chi connectivity index (χ1n) is 9.13. The molecule has 2 heterocycles. The van der Waals surface area contributed by atoms with Crippen molar-refractivity contribution in [3.63, 3.8) is 0 Å². The molecular formula is C19H25ClN4O3S. The zero-order valence-electron chi connectivity index (χ0n) is 16.3. The van der Waals surface area contributed by atoms with Crippen LogP contribution in [0.25, 0.3) is 0 Å². The molecule has 1 fully saturated rings. The number of amides is 1. The van der Waals surface area contributed by atoms with Crippen LogP contribution in [-0.4, -0.2) is 54.1 Å². The number of aryl methyl sites for hydroxylation is 1. The Morgan fingerprint density at radius 2 is 2.14 bits per heavy atom. The molecule has 1 aliphatic rings. The minimum Gasteiger partial charge on any atom is -0.325 e. The van der Waals surface area contributed by atoms with E-state index in [1.807, 2.05) is 30.5 Å². The number of likely N-dealkylation sites (N-methyl/N-ethyl adjacent to an activating group) is 1. The predicted octanol–water partition coefficient (Wildman–Crippen LogP) is 2.58. The molecule has 3 rings (SSSR count). The Bertz CT molecular complexity index is 987. The molecule has 1 aromatic heterocycles. The van der Waals surface area contributed by atoms with Gasteiger partial charge in [0.15, 0.2) is 9.84 Å². The van der Waals surface area contributed by atoms with E-state index in [1.54, 1.807) is 24.3 Å². The lowest BCUT2D eigenvalue weighted by Gasteiger charge is -2.17. The van der Waals surface area contributed by atoms with Crippen molar-refractivity contribution in [1.29, 1.82) is 0 Å². The molecule has 0 unspecified atom stereocenters. The summed E-state index contributed by atoms with van der Waals surface area (Å²) < 4.78 is 25.4. The van der Waals surface area contributed by atoms with Crippen molar-refractivity contribution >= 4 is 33.0 Å². The van der Waals surface area contributed by atoms with E-state index in [0.29, 0.717) is 23.7 Å². The van der Waals surface area contributed by atoms with E-state index >= 15 is 0 Å². The van der Waals surface area contributed by atoms with Crippen molar-refractivity contribution in [2.75, 3.05) is 30.4 Å². The van der Waals surface area contributed by atoms with Crippen LogP contribution in [-0.2, 0) is 21.2 Å². The number of nitrogens with one attached hydrogen (secondary N) is 1. The Morgan fingerprint density at radius 1 is 1.39 bits per heavy atom. The van der Waals surface area contributed by atoms with Gasteiger partial charge in [0, 0.05) is 28.5 Å². The summed E-state index contributed by atoms with van der Waals surface area (Å²) >= 11 is 5.94. The fourth-order valence-electron chi connectivity index (χ4n) is 3.59. The van der Waals surface area contributed by atoms with E-state index in [1.165, 1.54) is 0 Å². The summed E-state index contributed by atoms with van der Waals surface area (Å²) in [6.07, 6.45) is 0.599. The smallest absolute Gasteiger partial charge is 0.238 e. The standard InChI is InChI=1S/C19H25ClN4O3S/c1-13-18(14(2)24(22-13)17-7-8-28(26,27)12-17)10-23(3)11-19(25)21-16-6-4-5-15(20)9-16/h4-6,9,17H,7-8,10-12H2,1-3H3,(H,21,25)/t17-/m0/s1. The molecule has 0 bridgehead atoms. The molecule has 0 spiro atoms. The van der Waals surface area contributed by atoms with E-state index in [4.69, 9.17) is 11.6 Å². The molecular weight excluding hydrogens is 400 g/mol. The van der Waals surface area contributed by atoms with Gasteiger partial charge in [0.1, 0.15) is 0 Å². The summed E-state index contributed by atoms with van der Waals surface area (Å²) in [5, 5.41) is 7.98. The molecule has 2 aromatic rings. The number of sulfone groups is 1. The van der Waals surface area contributed by atoms with Crippen LogP contribution in [0.3, 0.4) is 0 Å². The first-order valence-corrected chi connectivity index (χ1v) is 11.3. The summed E-state index contributed by atoms with van der Waals surface area (Å²) in [5.74, 6) is 0.232. The van der Waals surface area contributed by atoms with Crippen LogP contribution in [0.4, 0.5) is 5.69 Å². The van der Waals surface area contributed by atoms with Crippen molar-refractivity contribution < 1.29 is 13.2 Å². The van der Waals surface area contributed by atoms with Crippen molar-refractivity contribution in [3.05, 3.63) is 46.2 Å². The van der Waals surface area contributed by atoms with Gasteiger partial charge in [-0.25, -0.2) is 8.42 Å². The van der Waals surface area contributed by atoms with Gasteiger partial charge in [-0.05, 0) is 45.5 Å². The first kappa shape index (κ1) is 20.8. The minimum absolute atomic E-state index is 0.103. The van der Waals surface area contributed by atoms with Gasteiger partial charge in [-0.2, -0.15) is 5.10 Å². The summed E-state index contributed by atoms with van der Waals surface area (Å²) in [6.45, 7) is 4.65. The topological polar surface area (TPSA) is 84.3 Å². The van der Waals surface area contributed by atoms with Crippen LogP contribution in [0.5, 0.6) is 0 Å². The monoisotopic (exact) mass is 424 g/mol. The molecule has 1 aromatic carbocycles. The normalized spacial score (nSPS) is 18.5. The summed E-state index contributed by atoms with van der Waals surface area (Å²) in [6, 6.07) is 6.92. The van der Waals surface area contributed by atoms with Crippen LogP contribution in [0.1, 0.15) is 29.4 Å². The van der Waals surface area contributed by atoms with Gasteiger partial charge in [0.05, 0.1) is 29.8 Å². The van der Waals surface area contributed by atoms with E-state index < -0.39 is 9.84 Å². The summed E-state index contributed by atoms with van der Waals surface area (Å²) in [7, 11) is -1.10. The summed E-state index contributed by atoms with van der Waals surface area (Å²) in [5.41, 5.74) is 3.52. The Balaban J connectivity index is 1.64. The van der Waals surface area contributed by atoms with Crippen LogP contribution in [0.2, 0.25) is 5.02 Å². The van der Waals surface area contributed by atoms with Gasteiger partial charge in [0.25, 0.3) is 0 Å². The third-order valence-electron chi connectivity index (χ3n) is 4.98. The molecule has 1 saturated heterocycles. The molecule has 28 heavy (non-hydrogen) atoms. The van der Waals surface area contributed by atoms with Gasteiger partial charge >= 0.3 is 0 Å². The molecule has 152 valence electrons. The molecule has 1 atom stereocenters. The highest BCUT2D eigenvalue weighted by molar-refractivity contribution is 7.91. The molecule has 1 amide bonds. The largest absolute Gasteiger partial charge is 0.325 e. The number of halogens is 1. The Morgan fingerprint density at radius 3 is 2.79 bits per heavy atom. The molecule has 0 aliphatic carbocycles. The van der Waals surface area contributed by atoms with E-state index in [0.717, 1.165) is 17.0 Å². The van der Waals surface area contributed by atoms with Crippen LogP contribution >= 0.6 is 11.6 Å². The minimum atomic E-state index is -2.97.